The van der Waals surface area contributed by atoms with E-state index in [4.69, 9.17) is 9.72 Å². The molecule has 8 nitrogen and oxygen atoms in total. The van der Waals surface area contributed by atoms with Gasteiger partial charge in [0.1, 0.15) is 6.61 Å². The Bertz CT molecular complexity index is 932. The fraction of sp³-hybridized carbons (Fsp3) is 0.650. The van der Waals surface area contributed by atoms with Crippen molar-refractivity contribution in [2.45, 2.75) is 58.2 Å². The van der Waals surface area contributed by atoms with Crippen LogP contribution in [0, 0.1) is 0 Å². The molecule has 0 aromatic carbocycles. The van der Waals surface area contributed by atoms with Crippen molar-refractivity contribution in [1.29, 1.82) is 0 Å². The van der Waals surface area contributed by atoms with Crippen LogP contribution in [0.25, 0.3) is 5.65 Å². The number of nitrogens with one attached hydrogen (secondary N) is 1. The Balaban J connectivity index is 1.71. The van der Waals surface area contributed by atoms with Gasteiger partial charge in [-0.25, -0.2) is 9.50 Å². The summed E-state index contributed by atoms with van der Waals surface area (Å²) in [5, 5.41) is 3.24. The van der Waals surface area contributed by atoms with E-state index >= 15 is 0 Å². The number of methoxy groups -OCH3 is 1. The molecule has 1 fully saturated rings. The molecule has 1 atom stereocenters. The second-order valence-corrected chi connectivity index (χ2v) is 8.09. The van der Waals surface area contributed by atoms with Gasteiger partial charge in [0.15, 0.2) is 5.65 Å². The Morgan fingerprint density at radius 3 is 2.93 bits per heavy atom. The molecule has 0 spiro atoms. The highest BCUT2D eigenvalue weighted by Gasteiger charge is 2.30. The van der Waals surface area contributed by atoms with Crippen molar-refractivity contribution in [1.82, 2.24) is 24.4 Å². The third kappa shape index (κ3) is 3.35. The summed E-state index contributed by atoms with van der Waals surface area (Å²) in [5.74, 6) is -0.0157. The van der Waals surface area contributed by atoms with Crippen LogP contribution < -0.4 is 5.56 Å². The summed E-state index contributed by atoms with van der Waals surface area (Å²) in [6, 6.07) is 2.29. The maximum Gasteiger partial charge on any atom is 0.276 e. The minimum Gasteiger partial charge on any atom is -0.375 e. The maximum atomic E-state index is 13.0. The fourth-order valence-corrected chi connectivity index (χ4v) is 4.40. The van der Waals surface area contributed by atoms with Crippen molar-refractivity contribution in [3.63, 3.8) is 0 Å². The number of aromatic nitrogens is 3. The molecule has 2 aromatic rings. The number of ether oxygens (including phenoxy) is 1. The zero-order valence-electron chi connectivity index (χ0n) is 16.9. The minimum atomic E-state index is -0.0679. The van der Waals surface area contributed by atoms with Gasteiger partial charge in [-0.1, -0.05) is 0 Å². The van der Waals surface area contributed by atoms with Crippen molar-refractivity contribution in [2.24, 2.45) is 0 Å². The van der Waals surface area contributed by atoms with Crippen molar-refractivity contribution in [3.8, 4) is 0 Å². The lowest BCUT2D eigenvalue weighted by molar-refractivity contribution is -0.139. The number of likely N-dealkylation sites (tertiary alicyclic amines) is 1. The van der Waals surface area contributed by atoms with Crippen LogP contribution in [0.4, 0.5) is 0 Å². The first-order chi connectivity index (χ1) is 13.5. The predicted octanol–water partition coefficient (Wildman–Crippen LogP) is 1.49. The maximum absolute atomic E-state index is 13.0. The van der Waals surface area contributed by atoms with Gasteiger partial charge in [-0.3, -0.25) is 19.6 Å². The van der Waals surface area contributed by atoms with Crippen molar-refractivity contribution >= 4 is 11.6 Å². The van der Waals surface area contributed by atoms with Gasteiger partial charge in [0.2, 0.25) is 5.91 Å². The minimum absolute atomic E-state index is 0.0137. The Labute approximate surface area is 164 Å². The largest absolute Gasteiger partial charge is 0.375 e. The van der Waals surface area contributed by atoms with E-state index in [0.717, 1.165) is 49.2 Å². The Kier molecular flexibility index (Phi) is 5.25. The molecule has 2 aliphatic heterocycles. The molecular formula is C20H29N5O3. The number of fused-ring (bicyclic) bond motifs is 2. The van der Waals surface area contributed by atoms with E-state index in [-0.39, 0.29) is 24.1 Å². The van der Waals surface area contributed by atoms with Crippen LogP contribution in [0.15, 0.2) is 10.9 Å². The number of carbonyl (C=O) groups is 1. The smallest absolute Gasteiger partial charge is 0.276 e. The molecule has 0 aliphatic carbocycles. The first-order valence-electron chi connectivity index (χ1n) is 10.2. The number of hydrogen-bond acceptors (Lipinski definition) is 5. The highest BCUT2D eigenvalue weighted by molar-refractivity contribution is 5.78. The van der Waals surface area contributed by atoms with Crippen LogP contribution in [0.3, 0.4) is 0 Å². The molecule has 4 heterocycles. The van der Waals surface area contributed by atoms with E-state index in [1.807, 2.05) is 11.0 Å². The van der Waals surface area contributed by atoms with Crippen LogP contribution in [0.5, 0.6) is 0 Å². The van der Waals surface area contributed by atoms with Gasteiger partial charge in [-0.05, 0) is 39.5 Å². The van der Waals surface area contributed by atoms with Crippen LogP contribution in [-0.2, 0) is 22.5 Å². The van der Waals surface area contributed by atoms with Gasteiger partial charge < -0.3 is 9.64 Å². The van der Waals surface area contributed by atoms with E-state index in [1.165, 1.54) is 7.11 Å². The molecule has 4 rings (SSSR count). The first kappa shape index (κ1) is 19.1. The number of piperidine rings is 1. The molecule has 1 N–H and O–H groups in total. The average Bonchev–Trinajstić information content (AvgIpc) is 3.12. The zero-order valence-corrected chi connectivity index (χ0v) is 16.9. The monoisotopic (exact) mass is 387 g/mol. The summed E-state index contributed by atoms with van der Waals surface area (Å²) in [5.41, 5.74) is 3.18. The van der Waals surface area contributed by atoms with Crippen molar-refractivity contribution in [2.75, 3.05) is 26.8 Å². The summed E-state index contributed by atoms with van der Waals surface area (Å²) < 4.78 is 6.59. The number of aromatic amines is 1. The fourth-order valence-electron chi connectivity index (χ4n) is 4.40. The van der Waals surface area contributed by atoms with E-state index < -0.39 is 0 Å². The van der Waals surface area contributed by atoms with E-state index in [9.17, 15) is 9.59 Å². The molecule has 2 aliphatic rings. The van der Waals surface area contributed by atoms with Gasteiger partial charge >= 0.3 is 0 Å². The van der Waals surface area contributed by atoms with E-state index in [0.29, 0.717) is 24.8 Å². The van der Waals surface area contributed by atoms with Gasteiger partial charge in [-0.15, -0.1) is 0 Å². The van der Waals surface area contributed by atoms with Crippen molar-refractivity contribution < 1.29 is 9.53 Å². The summed E-state index contributed by atoms with van der Waals surface area (Å²) in [7, 11) is 1.54. The topological polar surface area (TPSA) is 82.9 Å². The number of carbonyl (C=O) groups excluding carboxylic acids is 1. The number of hydrogen-bond donors (Lipinski definition) is 1. The molecule has 0 bridgehead atoms. The normalized spacial score (nSPS) is 20.7. The standard InChI is InChI=1S/C20H29N5O3/c1-13(2)23-9-7-14-16(11-23)21-18-10-15(22-25(18)20(14)27)17-6-4-5-8-24(17)19(26)12-28-3/h10,13,17,22H,4-9,11-12H2,1-3H3/t17-/m1/s1. The van der Waals surface area contributed by atoms with Gasteiger partial charge in [0, 0.05) is 44.4 Å². The third-order valence-electron chi connectivity index (χ3n) is 6.00. The molecule has 0 saturated carbocycles. The van der Waals surface area contributed by atoms with Crippen LogP contribution in [0.2, 0.25) is 0 Å². The second-order valence-electron chi connectivity index (χ2n) is 8.09. The molecule has 1 amide bonds. The quantitative estimate of drug-likeness (QED) is 0.859. The van der Waals surface area contributed by atoms with Crippen LogP contribution >= 0.6 is 0 Å². The lowest BCUT2D eigenvalue weighted by Gasteiger charge is -2.35. The molecular weight excluding hydrogens is 358 g/mol. The molecule has 28 heavy (non-hydrogen) atoms. The molecule has 8 heteroatoms. The van der Waals surface area contributed by atoms with Crippen LogP contribution in [0.1, 0.15) is 56.1 Å². The molecule has 0 unspecified atom stereocenters. The summed E-state index contributed by atoms with van der Waals surface area (Å²) in [4.78, 5) is 34.5. The van der Waals surface area contributed by atoms with Gasteiger partial charge in [0.25, 0.3) is 5.56 Å². The lowest BCUT2D eigenvalue weighted by atomic mass is 9.99. The zero-order chi connectivity index (χ0) is 19.8. The number of nitrogens with zero attached hydrogens (tertiary/aromatic N) is 4. The molecule has 1 saturated heterocycles. The highest BCUT2D eigenvalue weighted by Crippen LogP contribution is 2.30. The lowest BCUT2D eigenvalue weighted by Crippen LogP contribution is -2.40. The average molecular weight is 387 g/mol. The molecule has 152 valence electrons. The SMILES string of the molecule is COCC(=O)N1CCCC[C@@H]1c1cc2nc3c(c(=O)n2[nH]1)CCN(C(C)C)C3. The predicted molar refractivity (Wildman–Crippen MR) is 105 cm³/mol. The molecule has 0 radical (unpaired) electrons. The van der Waals surface area contributed by atoms with Gasteiger partial charge in [-0.2, -0.15) is 0 Å². The second kappa shape index (κ2) is 7.67. The Morgan fingerprint density at radius 1 is 1.36 bits per heavy atom. The number of H-pyrrole nitrogens is 1. The summed E-state index contributed by atoms with van der Waals surface area (Å²) in [6.07, 6.45) is 3.64. The number of rotatable bonds is 4. The Morgan fingerprint density at radius 2 is 2.18 bits per heavy atom. The number of amides is 1. The summed E-state index contributed by atoms with van der Waals surface area (Å²) >= 11 is 0. The van der Waals surface area contributed by atoms with Gasteiger partial charge in [0.05, 0.1) is 17.4 Å². The summed E-state index contributed by atoms with van der Waals surface area (Å²) in [6.45, 7) is 6.71. The Hall–Kier alpha value is -2.19. The molecule has 2 aromatic heterocycles. The van der Waals surface area contributed by atoms with Crippen LogP contribution in [-0.4, -0.2) is 63.2 Å². The van der Waals surface area contributed by atoms with E-state index in [2.05, 4.69) is 23.8 Å². The van der Waals surface area contributed by atoms with E-state index in [1.54, 1.807) is 4.52 Å². The first-order valence-corrected chi connectivity index (χ1v) is 10.2. The van der Waals surface area contributed by atoms with Crippen molar-refractivity contribution in [3.05, 3.63) is 33.4 Å². The third-order valence-corrected chi connectivity index (χ3v) is 6.00. The highest BCUT2D eigenvalue weighted by atomic mass is 16.5.